The van der Waals surface area contributed by atoms with Gasteiger partial charge in [0.15, 0.2) is 0 Å². The van der Waals surface area contributed by atoms with Crippen molar-refractivity contribution in [2.24, 2.45) is 7.05 Å². The summed E-state index contributed by atoms with van der Waals surface area (Å²) in [5.74, 6) is 0. The van der Waals surface area contributed by atoms with Crippen molar-refractivity contribution in [1.29, 1.82) is 0 Å². The first kappa shape index (κ1) is 16.2. The summed E-state index contributed by atoms with van der Waals surface area (Å²) < 4.78 is 2.55. The van der Waals surface area contributed by atoms with Crippen LogP contribution in [0.3, 0.4) is 0 Å². The summed E-state index contributed by atoms with van der Waals surface area (Å²) in [6, 6.07) is 1.37. The highest BCUT2D eigenvalue weighted by Gasteiger charge is 2.03. The molecule has 1 heterocycles. The van der Waals surface area contributed by atoms with Gasteiger partial charge in [-0.3, -0.25) is 9.36 Å². The molecule has 0 aliphatic carbocycles. The molecule has 100 valence electrons. The van der Waals surface area contributed by atoms with Gasteiger partial charge in [-0.05, 0) is 12.5 Å². The number of aromatic nitrogens is 2. The van der Waals surface area contributed by atoms with E-state index in [1.807, 2.05) is 13.0 Å². The third-order valence-electron chi connectivity index (χ3n) is 2.21. The summed E-state index contributed by atoms with van der Waals surface area (Å²) in [6.07, 6.45) is 6.18. The van der Waals surface area contributed by atoms with Crippen LogP contribution in [0.15, 0.2) is 46.2 Å². The molecule has 0 saturated carbocycles. The Morgan fingerprint density at radius 3 is 2.39 bits per heavy atom. The highest BCUT2D eigenvalue weighted by molar-refractivity contribution is 5.15. The van der Waals surface area contributed by atoms with Crippen LogP contribution in [0.5, 0.6) is 0 Å². The normalized spacial score (nSPS) is 10.6. The number of aryl methyl sites for hydroxylation is 1. The van der Waals surface area contributed by atoms with Gasteiger partial charge in [0, 0.05) is 19.3 Å². The third-order valence-corrected chi connectivity index (χ3v) is 2.21. The predicted molar refractivity (Wildman–Crippen MR) is 75.9 cm³/mol. The fraction of sp³-hybridized carbons (Fsp3) is 0.429. The molecule has 0 spiro atoms. The van der Waals surface area contributed by atoms with E-state index in [0.29, 0.717) is 0 Å². The summed E-state index contributed by atoms with van der Waals surface area (Å²) in [4.78, 5) is 23.1. The summed E-state index contributed by atoms with van der Waals surface area (Å²) in [6.45, 7) is 9.98. The lowest BCUT2D eigenvalue weighted by molar-refractivity contribution is 0.639. The molecule has 1 aromatic rings. The quantitative estimate of drug-likeness (QED) is 0.771. The molecule has 0 fully saturated rings. The number of nitrogens with zero attached hydrogens (tertiary/aromatic N) is 2. The average molecular weight is 250 g/mol. The number of hydrogen-bond acceptors (Lipinski definition) is 2. The van der Waals surface area contributed by atoms with E-state index in [1.165, 1.54) is 27.8 Å². The zero-order chi connectivity index (χ0) is 14.1. The zero-order valence-electron chi connectivity index (χ0n) is 11.6. The van der Waals surface area contributed by atoms with Crippen LogP contribution in [0.2, 0.25) is 0 Å². The van der Waals surface area contributed by atoms with Crippen LogP contribution in [-0.2, 0) is 13.6 Å². The van der Waals surface area contributed by atoms with Crippen molar-refractivity contribution in [1.82, 2.24) is 9.13 Å². The second kappa shape index (κ2) is 8.28. The maximum atomic E-state index is 11.6. The van der Waals surface area contributed by atoms with Crippen molar-refractivity contribution in [3.63, 3.8) is 0 Å². The summed E-state index contributed by atoms with van der Waals surface area (Å²) in [5, 5.41) is 0. The maximum absolute atomic E-state index is 11.6. The first-order valence-corrected chi connectivity index (χ1v) is 6.05. The van der Waals surface area contributed by atoms with Crippen LogP contribution in [0, 0.1) is 0 Å². The summed E-state index contributed by atoms with van der Waals surface area (Å²) in [7, 11) is 1.61. The lowest BCUT2D eigenvalue weighted by atomic mass is 10.2. The van der Waals surface area contributed by atoms with Gasteiger partial charge in [-0.2, -0.15) is 0 Å². The Hall–Kier alpha value is -1.84. The molecule has 0 bridgehead atoms. The standard InChI is InChI=1S/C11H14N2O2.C3H8/c1-4-9(5-2)8-13-10(14)6-7-12(3)11(13)15;1-3-2/h4-7H,1,8H2,2-3H3;3H2,1-2H3/b9-5+;. The van der Waals surface area contributed by atoms with E-state index >= 15 is 0 Å². The van der Waals surface area contributed by atoms with Crippen molar-refractivity contribution in [3.05, 3.63) is 57.4 Å². The minimum Gasteiger partial charge on any atom is -0.303 e. The molecule has 4 heteroatoms. The molecule has 0 amide bonds. The number of hydrogen-bond donors (Lipinski definition) is 0. The molecule has 1 rings (SSSR count). The van der Waals surface area contributed by atoms with E-state index < -0.39 is 0 Å². The van der Waals surface area contributed by atoms with Gasteiger partial charge in [-0.1, -0.05) is 39.0 Å². The number of rotatable bonds is 3. The molecule has 1 aromatic heterocycles. The molecule has 18 heavy (non-hydrogen) atoms. The van der Waals surface area contributed by atoms with Gasteiger partial charge < -0.3 is 4.57 Å². The highest BCUT2D eigenvalue weighted by Crippen LogP contribution is 1.96. The van der Waals surface area contributed by atoms with Gasteiger partial charge in [0.1, 0.15) is 0 Å². The van der Waals surface area contributed by atoms with Gasteiger partial charge in [0.2, 0.25) is 0 Å². The fourth-order valence-electron chi connectivity index (χ4n) is 1.22. The van der Waals surface area contributed by atoms with Crippen LogP contribution in [0.4, 0.5) is 0 Å². The van der Waals surface area contributed by atoms with Crippen molar-refractivity contribution in [2.45, 2.75) is 33.7 Å². The van der Waals surface area contributed by atoms with E-state index in [0.717, 1.165) is 5.57 Å². The molecule has 0 saturated heterocycles. The van der Waals surface area contributed by atoms with Crippen LogP contribution >= 0.6 is 0 Å². The Kier molecular flexibility index (Phi) is 7.43. The van der Waals surface area contributed by atoms with Gasteiger partial charge in [-0.15, -0.1) is 0 Å². The highest BCUT2D eigenvalue weighted by atomic mass is 16.2. The molecule has 0 aliphatic rings. The number of allylic oxidation sites excluding steroid dienone is 3. The first-order chi connectivity index (χ1) is 8.51. The SMILES string of the molecule is C=C/C(=C\C)Cn1c(=O)ccn(C)c1=O.CCC. The lowest BCUT2D eigenvalue weighted by Crippen LogP contribution is -2.38. The van der Waals surface area contributed by atoms with E-state index in [9.17, 15) is 9.59 Å². The largest absolute Gasteiger partial charge is 0.331 e. The fourth-order valence-corrected chi connectivity index (χ4v) is 1.22. The van der Waals surface area contributed by atoms with Gasteiger partial charge in [0.05, 0.1) is 6.54 Å². The van der Waals surface area contributed by atoms with Crippen LogP contribution < -0.4 is 11.2 Å². The molecule has 0 atom stereocenters. The van der Waals surface area contributed by atoms with E-state index in [4.69, 9.17) is 0 Å². The van der Waals surface area contributed by atoms with Crippen molar-refractivity contribution >= 4 is 0 Å². The van der Waals surface area contributed by atoms with Crippen LogP contribution in [0.1, 0.15) is 27.2 Å². The van der Waals surface area contributed by atoms with Gasteiger partial charge >= 0.3 is 5.69 Å². The molecule has 0 N–H and O–H groups in total. The van der Waals surface area contributed by atoms with Crippen molar-refractivity contribution in [2.75, 3.05) is 0 Å². The van der Waals surface area contributed by atoms with Crippen molar-refractivity contribution in [3.8, 4) is 0 Å². The Morgan fingerprint density at radius 1 is 1.39 bits per heavy atom. The molecule has 0 radical (unpaired) electrons. The van der Waals surface area contributed by atoms with Gasteiger partial charge in [0.25, 0.3) is 5.56 Å². The van der Waals surface area contributed by atoms with Crippen LogP contribution in [0.25, 0.3) is 0 Å². The zero-order valence-corrected chi connectivity index (χ0v) is 11.6. The summed E-state index contributed by atoms with van der Waals surface area (Å²) >= 11 is 0. The van der Waals surface area contributed by atoms with Gasteiger partial charge in [-0.25, -0.2) is 4.79 Å². The average Bonchev–Trinajstić information content (AvgIpc) is 2.36. The van der Waals surface area contributed by atoms with E-state index in [2.05, 4.69) is 20.4 Å². The smallest absolute Gasteiger partial charge is 0.303 e. The Labute approximate surface area is 108 Å². The first-order valence-electron chi connectivity index (χ1n) is 6.05. The Bertz CT molecular complexity index is 521. The molecule has 0 aromatic carbocycles. The molecular weight excluding hydrogens is 228 g/mol. The molecular formula is C14H22N2O2. The Balaban J connectivity index is 0.000000873. The minimum absolute atomic E-state index is 0.270. The maximum Gasteiger partial charge on any atom is 0.331 e. The third kappa shape index (κ3) is 4.57. The molecule has 0 unspecified atom stereocenters. The van der Waals surface area contributed by atoms with E-state index in [1.54, 1.807) is 13.1 Å². The van der Waals surface area contributed by atoms with Crippen molar-refractivity contribution < 1.29 is 0 Å². The van der Waals surface area contributed by atoms with Crippen LogP contribution in [-0.4, -0.2) is 9.13 Å². The Morgan fingerprint density at radius 2 is 1.94 bits per heavy atom. The predicted octanol–water partition coefficient (Wildman–Crippen LogP) is 2.10. The topological polar surface area (TPSA) is 44.0 Å². The molecule has 0 aliphatic heterocycles. The van der Waals surface area contributed by atoms with E-state index in [-0.39, 0.29) is 17.8 Å². The second-order valence-corrected chi connectivity index (χ2v) is 3.91. The monoisotopic (exact) mass is 250 g/mol. The minimum atomic E-state index is -0.316. The summed E-state index contributed by atoms with van der Waals surface area (Å²) in [5.41, 5.74) is 0.239. The molecule has 4 nitrogen and oxygen atoms in total. The lowest BCUT2D eigenvalue weighted by Gasteiger charge is -2.06. The second-order valence-electron chi connectivity index (χ2n) is 3.91.